The summed E-state index contributed by atoms with van der Waals surface area (Å²) in [5.74, 6) is -2.31. The highest BCUT2D eigenvalue weighted by atomic mass is 79.9. The lowest BCUT2D eigenvalue weighted by Gasteiger charge is -2.14. The van der Waals surface area contributed by atoms with Crippen molar-refractivity contribution in [2.24, 2.45) is 5.73 Å². The molecule has 1 aromatic heterocycles. The molecule has 1 amide bonds. The summed E-state index contributed by atoms with van der Waals surface area (Å²) >= 11 is 3.31. The van der Waals surface area contributed by atoms with Crippen LogP contribution in [0.1, 0.15) is 23.2 Å². The maximum Gasteiger partial charge on any atom is 0.328 e. The van der Waals surface area contributed by atoms with Gasteiger partial charge in [-0.2, -0.15) is 4.98 Å². The Morgan fingerprint density at radius 3 is 2.56 bits per heavy atom. The van der Waals surface area contributed by atoms with Crippen molar-refractivity contribution in [3.8, 4) is 0 Å². The third-order valence-corrected chi connectivity index (χ3v) is 7.67. The number of aliphatic carboxylic acids is 1. The quantitative estimate of drug-likeness (QED) is 0.121. The minimum Gasteiger partial charge on any atom is -0.478 e. The number of carboxylic acids is 1. The summed E-state index contributed by atoms with van der Waals surface area (Å²) in [6.07, 6.45) is 5.43. The molecule has 0 atom stereocenters. The number of benzene rings is 2. The Labute approximate surface area is 245 Å². The molecule has 3 rings (SSSR count). The largest absolute Gasteiger partial charge is 0.478 e. The summed E-state index contributed by atoms with van der Waals surface area (Å²) < 4.78 is 42.4. The molecule has 3 aromatic rings. The smallest absolute Gasteiger partial charge is 0.328 e. The van der Waals surface area contributed by atoms with Crippen molar-refractivity contribution in [2.45, 2.75) is 17.7 Å². The fraction of sp³-hybridized carbons (Fsp3) is 0.231. The lowest BCUT2D eigenvalue weighted by atomic mass is 10.1. The van der Waals surface area contributed by atoms with Gasteiger partial charge in [0.25, 0.3) is 5.91 Å². The van der Waals surface area contributed by atoms with Gasteiger partial charge >= 0.3 is 5.97 Å². The fourth-order valence-electron chi connectivity index (χ4n) is 3.59. The van der Waals surface area contributed by atoms with E-state index in [1.165, 1.54) is 30.5 Å². The zero-order valence-electron chi connectivity index (χ0n) is 22.0. The third kappa shape index (κ3) is 9.60. The van der Waals surface area contributed by atoms with Gasteiger partial charge in [0, 0.05) is 31.0 Å². The van der Waals surface area contributed by atoms with Crippen LogP contribution >= 0.6 is 15.9 Å². The highest BCUT2D eigenvalue weighted by Crippen LogP contribution is 2.28. The van der Waals surface area contributed by atoms with E-state index in [9.17, 15) is 22.4 Å². The van der Waals surface area contributed by atoms with E-state index >= 15 is 0 Å². The minimum atomic E-state index is -3.72. The number of unbranched alkanes of at least 4 members (excludes halogenated alkanes) is 1. The van der Waals surface area contributed by atoms with Crippen LogP contribution in [0.3, 0.4) is 0 Å². The van der Waals surface area contributed by atoms with Gasteiger partial charge in [0.05, 0.1) is 20.6 Å². The number of carboxylic acid groups (broad SMARTS) is 1. The first-order valence-corrected chi connectivity index (χ1v) is 14.6. The third-order valence-electron chi connectivity index (χ3n) is 5.61. The minimum absolute atomic E-state index is 0.0862. The molecule has 218 valence electrons. The van der Waals surface area contributed by atoms with E-state index in [-0.39, 0.29) is 34.5 Å². The van der Waals surface area contributed by atoms with E-state index in [1.54, 1.807) is 18.2 Å². The highest BCUT2D eigenvalue weighted by molar-refractivity contribution is 9.10. The number of nitrogens with two attached hydrogens (primary N) is 1. The molecule has 0 saturated carbocycles. The van der Waals surface area contributed by atoms with Gasteiger partial charge in [-0.3, -0.25) is 4.79 Å². The van der Waals surface area contributed by atoms with E-state index in [4.69, 9.17) is 10.8 Å². The number of amides is 1. The molecule has 0 bridgehead atoms. The molecular formula is C26H29BrFN7O5S. The monoisotopic (exact) mass is 649 g/mol. The van der Waals surface area contributed by atoms with Gasteiger partial charge in [-0.1, -0.05) is 12.1 Å². The second kappa shape index (κ2) is 14.6. The van der Waals surface area contributed by atoms with Gasteiger partial charge in [-0.15, -0.1) is 0 Å². The number of carbonyl (C=O) groups is 2. The molecule has 12 nitrogen and oxygen atoms in total. The van der Waals surface area contributed by atoms with Gasteiger partial charge < -0.3 is 26.4 Å². The number of hydrogen-bond acceptors (Lipinski definition) is 9. The number of halogens is 2. The first-order chi connectivity index (χ1) is 19.5. The number of sulfonamides is 1. The second-order valence-electron chi connectivity index (χ2n) is 8.80. The number of carbonyl (C=O) groups excluding carboxylic acids is 1. The first kappa shape index (κ1) is 31.6. The zero-order chi connectivity index (χ0) is 30.0. The van der Waals surface area contributed by atoms with Gasteiger partial charge in [-0.25, -0.2) is 27.3 Å². The Hall–Kier alpha value is -3.92. The number of nitrogens with one attached hydrogen (secondary N) is 3. The van der Waals surface area contributed by atoms with Crippen LogP contribution in [-0.4, -0.2) is 67.0 Å². The van der Waals surface area contributed by atoms with Crippen LogP contribution < -0.4 is 21.1 Å². The van der Waals surface area contributed by atoms with Crippen molar-refractivity contribution >= 4 is 61.0 Å². The summed E-state index contributed by atoms with van der Waals surface area (Å²) in [4.78, 5) is 32.7. The van der Waals surface area contributed by atoms with Crippen LogP contribution in [0.25, 0.3) is 0 Å². The highest BCUT2D eigenvalue weighted by Gasteiger charge is 2.17. The fourth-order valence-corrected chi connectivity index (χ4v) is 4.95. The molecule has 0 saturated heterocycles. The normalized spacial score (nSPS) is 11.6. The van der Waals surface area contributed by atoms with Crippen molar-refractivity contribution in [2.75, 3.05) is 37.3 Å². The summed E-state index contributed by atoms with van der Waals surface area (Å²) in [5, 5.41) is 14.5. The predicted octanol–water partition coefficient (Wildman–Crippen LogP) is 3.60. The van der Waals surface area contributed by atoms with Crippen LogP contribution in [0.4, 0.5) is 27.5 Å². The Bertz CT molecular complexity index is 1520. The molecule has 2 aromatic carbocycles. The van der Waals surface area contributed by atoms with Crippen LogP contribution in [0.15, 0.2) is 70.2 Å². The Morgan fingerprint density at radius 1 is 1.15 bits per heavy atom. The van der Waals surface area contributed by atoms with E-state index in [0.29, 0.717) is 29.7 Å². The first-order valence-electron chi connectivity index (χ1n) is 12.3. The van der Waals surface area contributed by atoms with Gasteiger partial charge in [0.1, 0.15) is 11.6 Å². The number of nitrogens with zero attached hydrogens (tertiary/aromatic N) is 3. The standard InChI is InChI=1S/C26H29BrFN7O5S/c1-35(15-5-8-22(36)37)14-3-2-13-31-41(39,40)18-11-9-17(10-12-18)32-26-30-16-19(27)25(34-26)33-21-7-4-6-20(28)23(21)24(29)38/h4-12,16,31H,2-3,13-15H2,1H3,(H2,29,38)(H,36,37)(H2,30,32,33,34)/b8-5+. The van der Waals surface area contributed by atoms with Crippen molar-refractivity contribution in [1.29, 1.82) is 0 Å². The van der Waals surface area contributed by atoms with Crippen molar-refractivity contribution in [3.63, 3.8) is 0 Å². The number of primary amides is 1. The average Bonchev–Trinajstić information content (AvgIpc) is 2.90. The number of aromatic nitrogens is 2. The van der Waals surface area contributed by atoms with Gasteiger partial charge in [-0.05, 0) is 78.8 Å². The van der Waals surface area contributed by atoms with Crippen LogP contribution in [0.5, 0.6) is 0 Å². The molecule has 6 N–H and O–H groups in total. The van der Waals surface area contributed by atoms with Crippen LogP contribution in [0.2, 0.25) is 0 Å². The molecule has 0 aliphatic heterocycles. The summed E-state index contributed by atoms with van der Waals surface area (Å²) in [6, 6.07) is 10.0. The molecule has 1 heterocycles. The van der Waals surface area contributed by atoms with Gasteiger partial charge in [0.2, 0.25) is 16.0 Å². The van der Waals surface area contributed by atoms with Crippen molar-refractivity contribution in [1.82, 2.24) is 19.6 Å². The Balaban J connectivity index is 1.57. The lowest BCUT2D eigenvalue weighted by molar-refractivity contribution is -0.131. The zero-order valence-corrected chi connectivity index (χ0v) is 24.4. The van der Waals surface area contributed by atoms with E-state index in [1.807, 2.05) is 11.9 Å². The molecule has 0 unspecified atom stereocenters. The molecule has 0 aliphatic carbocycles. The summed E-state index contributed by atoms with van der Waals surface area (Å²) in [6.45, 7) is 1.44. The summed E-state index contributed by atoms with van der Waals surface area (Å²) in [5.41, 5.74) is 5.65. The lowest BCUT2D eigenvalue weighted by Crippen LogP contribution is -2.26. The molecule has 0 spiro atoms. The molecular weight excluding hydrogens is 621 g/mol. The molecule has 0 aliphatic rings. The average molecular weight is 651 g/mol. The Kier molecular flexibility index (Phi) is 11.3. The molecule has 15 heteroatoms. The van der Waals surface area contributed by atoms with E-state index in [0.717, 1.165) is 18.6 Å². The van der Waals surface area contributed by atoms with Crippen LogP contribution in [0, 0.1) is 5.82 Å². The Morgan fingerprint density at radius 2 is 1.88 bits per heavy atom. The second-order valence-corrected chi connectivity index (χ2v) is 11.4. The molecule has 0 fully saturated rings. The van der Waals surface area contributed by atoms with Crippen LogP contribution in [-0.2, 0) is 14.8 Å². The number of likely N-dealkylation sites (N-methyl/N-ethyl adjacent to an activating group) is 1. The molecule has 41 heavy (non-hydrogen) atoms. The van der Waals surface area contributed by atoms with Crippen molar-refractivity contribution in [3.05, 3.63) is 76.7 Å². The maximum atomic E-state index is 14.1. The number of anilines is 4. The van der Waals surface area contributed by atoms with Gasteiger partial charge in [0.15, 0.2) is 0 Å². The van der Waals surface area contributed by atoms with Crippen molar-refractivity contribution < 1.29 is 27.5 Å². The SMILES string of the molecule is CN(C/C=C/C(=O)O)CCCCNS(=O)(=O)c1ccc(Nc2ncc(Br)c(Nc3cccc(F)c3C(N)=O)n2)cc1. The number of rotatable bonds is 15. The number of hydrogen-bond donors (Lipinski definition) is 5. The van der Waals surface area contributed by atoms with E-state index < -0.39 is 27.7 Å². The summed E-state index contributed by atoms with van der Waals surface area (Å²) in [7, 11) is -1.87. The van der Waals surface area contributed by atoms with E-state index in [2.05, 4.69) is 41.3 Å². The topological polar surface area (TPSA) is 180 Å². The predicted molar refractivity (Wildman–Crippen MR) is 156 cm³/mol. The maximum absolute atomic E-state index is 14.1. The molecule has 0 radical (unpaired) electrons.